The van der Waals surface area contributed by atoms with Crippen LogP contribution in [0.25, 0.3) is 11.3 Å². The van der Waals surface area contributed by atoms with Gasteiger partial charge in [-0.3, -0.25) is 38.9 Å². The van der Waals surface area contributed by atoms with Gasteiger partial charge in [-0.25, -0.2) is 36.6 Å². The molecule has 6 fully saturated rings. The summed E-state index contributed by atoms with van der Waals surface area (Å²) in [5.41, 5.74) is 12.2. The Bertz CT molecular complexity index is 3200. The fourth-order valence-corrected chi connectivity index (χ4v) is 10.5. The van der Waals surface area contributed by atoms with E-state index >= 15 is 4.39 Å². The van der Waals surface area contributed by atoms with Gasteiger partial charge in [0.05, 0.1) is 105 Å². The van der Waals surface area contributed by atoms with Crippen molar-refractivity contribution in [3.63, 3.8) is 0 Å². The normalized spacial score (nSPS) is 18.5. The number of carboxylic acid groups (broad SMARTS) is 1. The summed E-state index contributed by atoms with van der Waals surface area (Å²) in [6.07, 6.45) is 10.5. The molecule has 0 aliphatic carbocycles. The van der Waals surface area contributed by atoms with E-state index in [4.69, 9.17) is 26.0 Å². The van der Waals surface area contributed by atoms with Gasteiger partial charge in [-0.15, -0.1) is 22.6 Å². The van der Waals surface area contributed by atoms with E-state index in [1.165, 1.54) is 25.5 Å². The minimum Gasteiger partial charge on any atom is -1.00 e. The van der Waals surface area contributed by atoms with Crippen molar-refractivity contribution in [2.75, 3.05) is 137 Å². The van der Waals surface area contributed by atoms with E-state index < -0.39 is 47.0 Å². The number of ether oxygens (including phenoxy) is 2. The minimum atomic E-state index is -0.883. The third-order valence-electron chi connectivity index (χ3n) is 15.0. The molecule has 6 aromatic heterocycles. The highest BCUT2D eigenvalue weighted by molar-refractivity contribution is 6.13. The second kappa shape index (κ2) is 26.8. The standard InChI is InChI=1S/C25H29F2N9O3.C18H17F2N7O3.C7H14N2O.ClH.HI/c26-16-9-30-23-20(22(28)32-36(23)12-16)24(37)31-19-11-29-10-18(27)21(19)34-3-1-15(2-4-34)25(38)35-7-5-33(6-8-35)17-13-39-14-17;19-10-5-23-16-13(15(21)25-27(16)8-10)17(28)24-12-7-22-6-11(20)14(12)26-3-1-9(2-4-26)18(29)30;1-3-9(4-2-8-1)7-5-10-6-7;;/h9-12,15,17H,1-8,13-14H2,(H2,28,32)(H,31,37);5-9H,1-4H2,(H2,21,25)(H,24,28)(H,29,30);7-8H,1-6H2;2*1H/p-1. The Balaban J connectivity index is 0.000000181. The maximum atomic E-state index is 15.0. The molecule has 81 heavy (non-hydrogen) atoms. The second-order valence-electron chi connectivity index (χ2n) is 19.9. The van der Waals surface area contributed by atoms with Crippen LogP contribution in [-0.2, 0) is 19.1 Å². The van der Waals surface area contributed by atoms with E-state index in [9.17, 15) is 32.3 Å². The third kappa shape index (κ3) is 13.6. The Morgan fingerprint density at radius 3 is 1.42 bits per heavy atom. The zero-order valence-electron chi connectivity index (χ0n) is 43.7. The molecule has 31 heteroatoms. The lowest BCUT2D eigenvalue weighted by Gasteiger charge is -2.43. The van der Waals surface area contributed by atoms with Crippen LogP contribution in [0.15, 0.2) is 49.6 Å². The van der Waals surface area contributed by atoms with E-state index in [-0.39, 0.29) is 105 Å². The molecule has 6 aliphatic rings. The molecule has 3 amide bonds. The maximum absolute atomic E-state index is 15.0. The Hall–Kier alpha value is -6.84. The Kier molecular flexibility index (Phi) is 20.0. The molecule has 0 aromatic carbocycles. The van der Waals surface area contributed by atoms with Crippen LogP contribution < -0.4 is 61.2 Å². The van der Waals surface area contributed by atoms with Gasteiger partial charge in [0.25, 0.3) is 11.8 Å². The van der Waals surface area contributed by atoms with Crippen molar-refractivity contribution in [3.8, 4) is 0 Å². The number of carbonyl (C=O) groups is 4. The molecule has 0 unspecified atom stereocenters. The van der Waals surface area contributed by atoms with Crippen LogP contribution in [0.1, 0.15) is 46.4 Å². The van der Waals surface area contributed by atoms with Crippen molar-refractivity contribution >= 4 is 81.8 Å². The molecule has 0 radical (unpaired) electrons. The van der Waals surface area contributed by atoms with E-state index in [1.807, 2.05) is 9.80 Å². The van der Waals surface area contributed by atoms with Crippen molar-refractivity contribution in [2.45, 2.75) is 37.8 Å². The number of aromatic nitrogens is 8. The monoisotopic (exact) mass is 1260 g/mol. The van der Waals surface area contributed by atoms with E-state index in [1.54, 1.807) is 4.90 Å². The molecule has 0 saturated carbocycles. The minimum absolute atomic E-state index is 0. The molecule has 12 rings (SSSR count). The molecule has 12 heterocycles. The SMILES string of the molecule is C1CN(C2COC2)CCN1.Cl.Nc1nn2cc(F)cnc2c1C(=O)Nc1cncc(F)c1N1CCC(C(=O)N2CCN(C3COC3)CC2)CC1.Nc1nn2cc(F)cnc2c1C(=O)Nc1cncc(F)c1N1CCC(C(=O)O)CC1.[I-]. The second-order valence-corrected chi connectivity index (χ2v) is 19.9. The van der Waals surface area contributed by atoms with Crippen LogP contribution in [0.3, 0.4) is 0 Å². The zero-order valence-corrected chi connectivity index (χ0v) is 46.7. The Labute approximate surface area is 484 Å². The van der Waals surface area contributed by atoms with Gasteiger partial charge < -0.3 is 80.7 Å². The van der Waals surface area contributed by atoms with Crippen molar-refractivity contribution in [1.29, 1.82) is 0 Å². The molecule has 6 aliphatic heterocycles. The first-order valence-corrected chi connectivity index (χ1v) is 26.0. The van der Waals surface area contributed by atoms with Crippen molar-refractivity contribution < 1.29 is 75.3 Å². The smallest absolute Gasteiger partial charge is 0.306 e. The maximum Gasteiger partial charge on any atom is 0.306 e. The van der Waals surface area contributed by atoms with Gasteiger partial charge in [-0.1, -0.05) is 0 Å². The summed E-state index contributed by atoms with van der Waals surface area (Å²) in [6, 6.07) is 1.21. The Morgan fingerprint density at radius 2 is 1.01 bits per heavy atom. The topological polar surface area (TPSA) is 297 Å². The molecule has 25 nitrogen and oxygen atoms in total. The van der Waals surface area contributed by atoms with Gasteiger partial charge in [0.1, 0.15) is 22.5 Å². The summed E-state index contributed by atoms with van der Waals surface area (Å²) in [6.45, 7) is 12.8. The lowest BCUT2D eigenvalue weighted by molar-refractivity contribution is -0.142. The number of halogens is 6. The zero-order chi connectivity index (χ0) is 55.3. The summed E-state index contributed by atoms with van der Waals surface area (Å²) >= 11 is 0. The lowest BCUT2D eigenvalue weighted by atomic mass is 9.94. The number of carboxylic acids is 1. The first-order chi connectivity index (χ1) is 38.2. The van der Waals surface area contributed by atoms with Gasteiger partial charge in [0.2, 0.25) is 5.91 Å². The summed E-state index contributed by atoms with van der Waals surface area (Å²) in [7, 11) is 0. The van der Waals surface area contributed by atoms with Gasteiger partial charge in [-0.2, -0.15) is 0 Å². The number of pyridine rings is 2. The van der Waals surface area contributed by atoms with Crippen LogP contribution in [0, 0.1) is 35.1 Å². The number of carbonyl (C=O) groups excluding carboxylic acids is 3. The summed E-state index contributed by atoms with van der Waals surface area (Å²) in [4.78, 5) is 76.1. The number of fused-ring (bicyclic) bond motifs is 2. The van der Waals surface area contributed by atoms with Crippen LogP contribution in [0.5, 0.6) is 0 Å². The van der Waals surface area contributed by atoms with E-state index in [0.717, 1.165) is 105 Å². The average molecular weight is 1260 g/mol. The number of nitrogen functional groups attached to an aromatic ring is 2. The predicted molar refractivity (Wildman–Crippen MR) is 286 cm³/mol. The molecular formula is C50H61ClF4IN18O7-. The van der Waals surface area contributed by atoms with Crippen molar-refractivity contribution in [1.82, 2.24) is 59.2 Å². The number of rotatable bonds is 10. The number of hydrogen-bond acceptors (Lipinski definition) is 19. The predicted octanol–water partition coefficient (Wildman–Crippen LogP) is -0.749. The van der Waals surface area contributed by atoms with Gasteiger partial charge in [0, 0.05) is 84.5 Å². The van der Waals surface area contributed by atoms with Crippen LogP contribution in [0.2, 0.25) is 0 Å². The summed E-state index contributed by atoms with van der Waals surface area (Å²) in [5, 5.41) is 25.5. The quantitative estimate of drug-likeness (QED) is 0.0727. The number of nitrogens with zero attached hydrogens (tertiary/aromatic N) is 13. The number of piperidine rings is 2. The summed E-state index contributed by atoms with van der Waals surface area (Å²) in [5.74, 6) is -5.60. The van der Waals surface area contributed by atoms with E-state index in [0.29, 0.717) is 71.0 Å². The molecule has 0 bridgehead atoms. The van der Waals surface area contributed by atoms with Crippen LogP contribution in [0.4, 0.5) is 51.9 Å². The Morgan fingerprint density at radius 1 is 0.593 bits per heavy atom. The molecule has 6 saturated heterocycles. The first kappa shape index (κ1) is 60.3. The molecule has 0 atom stereocenters. The lowest BCUT2D eigenvalue weighted by Crippen LogP contribution is -3.00. The largest absolute Gasteiger partial charge is 1.00 e. The number of anilines is 6. The molecule has 6 aromatic rings. The van der Waals surface area contributed by atoms with E-state index in [2.05, 4.69) is 55.9 Å². The van der Waals surface area contributed by atoms with Crippen molar-refractivity contribution in [3.05, 3.63) is 84.0 Å². The van der Waals surface area contributed by atoms with Gasteiger partial charge in [-0.05, 0) is 25.7 Å². The number of hydrogen-bond donors (Lipinski definition) is 6. The molecule has 8 N–H and O–H groups in total. The number of nitrogens with two attached hydrogens (primary N) is 2. The fourth-order valence-electron chi connectivity index (χ4n) is 10.5. The highest BCUT2D eigenvalue weighted by Gasteiger charge is 2.36. The third-order valence-corrected chi connectivity index (χ3v) is 15.0. The molecular weight excluding hydrogens is 1200 g/mol. The fraction of sp³-hybridized carbons (Fsp3) is 0.480. The van der Waals surface area contributed by atoms with Gasteiger partial charge >= 0.3 is 5.97 Å². The molecule has 0 spiro atoms. The number of amides is 3. The summed E-state index contributed by atoms with van der Waals surface area (Å²) < 4.78 is 69.0. The molecule has 436 valence electrons. The van der Waals surface area contributed by atoms with Gasteiger partial charge in [0.15, 0.2) is 46.2 Å². The number of nitrogens with one attached hydrogen (secondary N) is 3. The average Bonchev–Trinajstić information content (AvgIpc) is 3.97. The first-order valence-electron chi connectivity index (χ1n) is 26.0. The van der Waals surface area contributed by atoms with Crippen LogP contribution in [-0.4, -0.2) is 200 Å². The number of piperazine rings is 2. The van der Waals surface area contributed by atoms with Crippen molar-refractivity contribution in [2.24, 2.45) is 11.8 Å². The van der Waals surface area contributed by atoms with Crippen LogP contribution >= 0.6 is 12.4 Å². The highest BCUT2D eigenvalue weighted by Crippen LogP contribution is 2.35. The highest BCUT2D eigenvalue weighted by atomic mass is 127. The number of aliphatic carboxylic acids is 1.